The minimum absolute atomic E-state index is 0.432. The zero-order valence-electron chi connectivity index (χ0n) is 5.81. The number of carbonyl (C=O) groups excluding carboxylic acids is 2. The van der Waals surface area contributed by atoms with Crippen molar-refractivity contribution in [1.82, 2.24) is 5.32 Å². The number of rotatable bonds is 2. The van der Waals surface area contributed by atoms with E-state index in [0.717, 1.165) is 0 Å². The number of nitrogens with two attached hydrogens (primary N) is 1. The average molecular weight is 194 g/mol. The highest BCUT2D eigenvalue weighted by atomic mass is 32.2. The number of nitrogens with one attached hydrogen (secondary N) is 1. The predicted molar refractivity (Wildman–Crippen MR) is 35.7 cm³/mol. The van der Waals surface area contributed by atoms with Crippen LogP contribution in [0.4, 0.5) is 0 Å². The number of amides is 2. The van der Waals surface area contributed by atoms with E-state index < -0.39 is 33.6 Å². The second-order valence-electron chi connectivity index (χ2n) is 2.19. The molecule has 0 radical (unpaired) electrons. The molecule has 1 saturated heterocycles. The maximum absolute atomic E-state index is 10.8. The highest BCUT2D eigenvalue weighted by molar-refractivity contribution is 7.88. The van der Waals surface area contributed by atoms with Crippen molar-refractivity contribution in [2.24, 2.45) is 5.90 Å². The second kappa shape index (κ2) is 2.81. The maximum Gasteiger partial charge on any atom is 0.295 e. The first-order valence-corrected chi connectivity index (χ1v) is 4.40. The SMILES string of the molecule is NOS(=O)(=O)C1CC(=O)NC1=O. The van der Waals surface area contributed by atoms with Gasteiger partial charge in [0, 0.05) is 0 Å². The van der Waals surface area contributed by atoms with Crippen molar-refractivity contribution in [2.75, 3.05) is 0 Å². The van der Waals surface area contributed by atoms with Crippen molar-refractivity contribution >= 4 is 21.9 Å². The number of hydrogen-bond acceptors (Lipinski definition) is 6. The van der Waals surface area contributed by atoms with Gasteiger partial charge in [-0.25, -0.2) is 0 Å². The van der Waals surface area contributed by atoms with Crippen LogP contribution in [0.5, 0.6) is 0 Å². The highest BCUT2D eigenvalue weighted by Crippen LogP contribution is 2.12. The third kappa shape index (κ3) is 1.44. The summed E-state index contributed by atoms with van der Waals surface area (Å²) in [5.41, 5.74) is 0. The topological polar surface area (TPSA) is 116 Å². The highest BCUT2D eigenvalue weighted by Gasteiger charge is 2.41. The van der Waals surface area contributed by atoms with Gasteiger partial charge >= 0.3 is 0 Å². The normalized spacial score (nSPS) is 24.2. The Morgan fingerprint density at radius 1 is 1.50 bits per heavy atom. The maximum atomic E-state index is 10.8. The third-order valence-electron chi connectivity index (χ3n) is 1.41. The standard InChI is InChI=1S/C4H6N2O5S/c5-11-12(9,10)2-1-3(7)6-4(2)8/h2H,1,5H2,(H,6,7,8). The smallest absolute Gasteiger partial charge is 0.295 e. The first-order valence-electron chi connectivity index (χ1n) is 2.93. The van der Waals surface area contributed by atoms with E-state index in [1.165, 1.54) is 0 Å². The number of carbonyl (C=O) groups is 2. The van der Waals surface area contributed by atoms with Crippen molar-refractivity contribution in [1.29, 1.82) is 0 Å². The van der Waals surface area contributed by atoms with Crippen LogP contribution in [0.3, 0.4) is 0 Å². The van der Waals surface area contributed by atoms with Crippen molar-refractivity contribution in [3.63, 3.8) is 0 Å². The van der Waals surface area contributed by atoms with Gasteiger partial charge in [-0.05, 0) is 0 Å². The predicted octanol–water partition coefficient (Wildman–Crippen LogP) is -2.38. The van der Waals surface area contributed by atoms with Gasteiger partial charge in [0.2, 0.25) is 11.8 Å². The fourth-order valence-electron chi connectivity index (χ4n) is 0.830. The molecular formula is C4H6N2O5S. The molecule has 0 aromatic heterocycles. The van der Waals surface area contributed by atoms with Crippen LogP contribution in [0, 0.1) is 0 Å². The van der Waals surface area contributed by atoms with E-state index in [1.54, 1.807) is 0 Å². The van der Waals surface area contributed by atoms with Gasteiger partial charge in [0.15, 0.2) is 5.25 Å². The van der Waals surface area contributed by atoms with Crippen LogP contribution in [-0.2, 0) is 24.0 Å². The fourth-order valence-corrected chi connectivity index (χ4v) is 1.64. The van der Waals surface area contributed by atoms with E-state index in [1.807, 2.05) is 5.32 Å². The van der Waals surface area contributed by atoms with Gasteiger partial charge in [-0.1, -0.05) is 0 Å². The summed E-state index contributed by atoms with van der Waals surface area (Å²) in [5.74, 6) is 2.87. The Hall–Kier alpha value is -0.990. The summed E-state index contributed by atoms with van der Waals surface area (Å²) in [5, 5.41) is 0.310. The second-order valence-corrected chi connectivity index (χ2v) is 3.94. The third-order valence-corrected chi connectivity index (χ3v) is 2.75. The lowest BCUT2D eigenvalue weighted by atomic mass is 10.4. The molecule has 3 N–H and O–H groups in total. The van der Waals surface area contributed by atoms with Gasteiger partial charge in [-0.2, -0.15) is 18.6 Å². The molecule has 0 aromatic carbocycles. The summed E-state index contributed by atoms with van der Waals surface area (Å²) < 4.78 is 25.2. The molecule has 0 spiro atoms. The summed E-state index contributed by atoms with van der Waals surface area (Å²) in [6, 6.07) is 0. The molecule has 68 valence electrons. The molecule has 0 aromatic rings. The molecule has 7 nitrogen and oxygen atoms in total. The summed E-state index contributed by atoms with van der Waals surface area (Å²) in [7, 11) is -4.14. The summed E-state index contributed by atoms with van der Waals surface area (Å²) in [6.07, 6.45) is -0.432. The molecule has 1 heterocycles. The zero-order valence-corrected chi connectivity index (χ0v) is 6.63. The van der Waals surface area contributed by atoms with Crippen LogP contribution >= 0.6 is 0 Å². The Morgan fingerprint density at radius 3 is 2.42 bits per heavy atom. The van der Waals surface area contributed by atoms with Crippen LogP contribution in [-0.4, -0.2) is 25.5 Å². The van der Waals surface area contributed by atoms with E-state index in [4.69, 9.17) is 0 Å². The lowest BCUT2D eigenvalue weighted by molar-refractivity contribution is -0.124. The Kier molecular flexibility index (Phi) is 2.13. The molecule has 2 amide bonds. The van der Waals surface area contributed by atoms with E-state index >= 15 is 0 Å². The summed E-state index contributed by atoms with van der Waals surface area (Å²) in [6.45, 7) is 0. The van der Waals surface area contributed by atoms with Gasteiger partial charge in [0.05, 0.1) is 6.42 Å². The van der Waals surface area contributed by atoms with Crippen molar-refractivity contribution < 1.29 is 22.3 Å². The Morgan fingerprint density at radius 2 is 2.08 bits per heavy atom. The molecule has 0 saturated carbocycles. The summed E-state index contributed by atoms with van der Waals surface area (Å²) >= 11 is 0. The molecule has 1 unspecified atom stereocenters. The Bertz CT molecular complexity index is 320. The Labute approximate surface area is 67.9 Å². The van der Waals surface area contributed by atoms with Gasteiger partial charge in [-0.3, -0.25) is 14.9 Å². The molecule has 0 bridgehead atoms. The van der Waals surface area contributed by atoms with Crippen molar-refractivity contribution in [3.8, 4) is 0 Å². The quantitative estimate of drug-likeness (QED) is 0.374. The van der Waals surface area contributed by atoms with Gasteiger partial charge in [0.25, 0.3) is 10.1 Å². The van der Waals surface area contributed by atoms with Crippen LogP contribution in [0.25, 0.3) is 0 Å². The molecule has 1 atom stereocenters. The van der Waals surface area contributed by atoms with E-state index in [9.17, 15) is 18.0 Å². The first kappa shape index (κ1) is 9.10. The van der Waals surface area contributed by atoms with Gasteiger partial charge in [-0.15, -0.1) is 0 Å². The largest absolute Gasteiger partial charge is 0.295 e. The first-order chi connectivity index (χ1) is 5.47. The summed E-state index contributed by atoms with van der Waals surface area (Å²) in [4.78, 5) is 21.3. The van der Waals surface area contributed by atoms with E-state index in [-0.39, 0.29) is 0 Å². The Balaban J connectivity index is 2.92. The lowest BCUT2D eigenvalue weighted by Crippen LogP contribution is -2.33. The molecule has 0 aliphatic carbocycles. The molecule has 1 aliphatic rings. The van der Waals surface area contributed by atoms with Crippen molar-refractivity contribution in [3.05, 3.63) is 0 Å². The zero-order chi connectivity index (χ0) is 9.35. The minimum Gasteiger partial charge on any atom is -0.295 e. The van der Waals surface area contributed by atoms with E-state index in [2.05, 4.69) is 10.2 Å². The molecular weight excluding hydrogens is 188 g/mol. The molecule has 1 aliphatic heterocycles. The van der Waals surface area contributed by atoms with Crippen molar-refractivity contribution in [2.45, 2.75) is 11.7 Å². The molecule has 12 heavy (non-hydrogen) atoms. The lowest BCUT2D eigenvalue weighted by Gasteiger charge is -2.02. The van der Waals surface area contributed by atoms with Gasteiger partial charge < -0.3 is 0 Å². The van der Waals surface area contributed by atoms with Gasteiger partial charge in [0.1, 0.15) is 0 Å². The molecule has 1 rings (SSSR count). The van der Waals surface area contributed by atoms with Crippen LogP contribution in [0.1, 0.15) is 6.42 Å². The monoisotopic (exact) mass is 194 g/mol. The van der Waals surface area contributed by atoms with Crippen LogP contribution < -0.4 is 11.2 Å². The minimum atomic E-state index is -4.14. The van der Waals surface area contributed by atoms with Crippen LogP contribution in [0.2, 0.25) is 0 Å². The fraction of sp³-hybridized carbons (Fsp3) is 0.500. The number of hydrogen-bond donors (Lipinski definition) is 2. The van der Waals surface area contributed by atoms with E-state index in [0.29, 0.717) is 0 Å². The number of imide groups is 1. The molecule has 1 fully saturated rings. The molecule has 8 heteroatoms. The van der Waals surface area contributed by atoms with Crippen LogP contribution in [0.15, 0.2) is 0 Å². The average Bonchev–Trinajstić information content (AvgIpc) is 2.31.